The molecule has 87 heavy (non-hydrogen) atoms. The molecule has 8 saturated heterocycles. The number of carbonyl (C=O) groups is 2. The number of nitrogens with two attached hydrogens (primary N) is 3. The van der Waals surface area contributed by atoms with E-state index in [1.807, 2.05) is 20.8 Å². The number of ether oxygens (including phenoxy) is 1. The highest BCUT2D eigenvalue weighted by atomic mass is 35.5. The molecule has 10 heterocycles. The third kappa shape index (κ3) is 27.9. The number of nitrogens with zero attached hydrogens (tertiary/aromatic N) is 9. The number of anilines is 1. The number of halogens is 6. The van der Waals surface area contributed by atoms with Crippen molar-refractivity contribution in [2.24, 2.45) is 22.5 Å². The van der Waals surface area contributed by atoms with Crippen molar-refractivity contribution in [3.8, 4) is 0 Å². The van der Waals surface area contributed by atoms with Crippen LogP contribution < -0.4 is 22.7 Å². The minimum absolute atomic E-state index is 0. The first-order valence-corrected chi connectivity index (χ1v) is 31.6. The number of piperidine rings is 4. The Morgan fingerprint density at radius 1 is 0.759 bits per heavy atom. The average molecular weight is 1310 g/mol. The summed E-state index contributed by atoms with van der Waals surface area (Å²) in [5, 5.41) is 21.7. The van der Waals surface area contributed by atoms with Gasteiger partial charge >= 0.3 is 0 Å². The van der Waals surface area contributed by atoms with E-state index in [2.05, 4.69) is 118 Å². The summed E-state index contributed by atoms with van der Waals surface area (Å²) in [5.41, 5.74) is 14.2. The molecule has 7 unspecified atom stereocenters. The summed E-state index contributed by atoms with van der Waals surface area (Å²) in [6.45, 7) is 34.0. The van der Waals surface area contributed by atoms with Crippen LogP contribution in [0.3, 0.4) is 0 Å². The lowest BCUT2D eigenvalue weighted by molar-refractivity contribution is -0.127. The fourth-order valence-electron chi connectivity index (χ4n) is 14.0. The molecular formula is C63H115Cl4F2N13O5. The maximum atomic E-state index is 13.7. The first-order chi connectivity index (χ1) is 39.4. The lowest BCUT2D eigenvalue weighted by Crippen LogP contribution is -2.55. The highest BCUT2D eigenvalue weighted by Gasteiger charge is 2.45. The van der Waals surface area contributed by atoms with Crippen molar-refractivity contribution < 1.29 is 33.5 Å². The van der Waals surface area contributed by atoms with E-state index in [-0.39, 0.29) is 77.2 Å². The van der Waals surface area contributed by atoms with Gasteiger partial charge < -0.3 is 31.9 Å². The summed E-state index contributed by atoms with van der Waals surface area (Å²) >= 11 is 16.2. The highest BCUT2D eigenvalue weighted by Crippen LogP contribution is 2.40. The number of hydrogen-bond acceptors (Lipinski definition) is 18. The highest BCUT2D eigenvalue weighted by molar-refractivity contribution is 6.31. The predicted octanol–water partition coefficient (Wildman–Crippen LogP) is 13.5. The molecule has 0 amide bonds. The Kier molecular flexibility index (Phi) is 38.9. The van der Waals surface area contributed by atoms with Gasteiger partial charge in [0, 0.05) is 90.7 Å². The zero-order chi connectivity index (χ0) is 63.2. The van der Waals surface area contributed by atoms with Gasteiger partial charge in [0.15, 0.2) is 28.4 Å². The molecular weight excluding hydrogens is 1200 g/mol. The summed E-state index contributed by atoms with van der Waals surface area (Å²) < 4.78 is 31.2. The molecule has 7 atom stereocenters. The van der Waals surface area contributed by atoms with Crippen molar-refractivity contribution in [3.05, 3.63) is 51.4 Å². The number of oxime groups is 1. The predicted molar refractivity (Wildman–Crippen MR) is 357 cm³/mol. The standard InChI is InChI=1S/C14H20ClFN4.C10H18N2O.C10H20N2.C10H17NO.C7H17NO.C6H10O.C4HCl2FN2.2CH4.ClH.H3NO/c1-14(2)7-9(6-10-4-3-5-20(10)14)18-12-11(16)8-17-13(15)19-12;1-10(2)7-8(11-13)6-9-4-3-5-12(9)10;1-10(2)7-8(11)6-9-4-3-5-12(9)10;1-10(2)7-9(12)6-8-4-3-5-11(8)10;1-3-9-7(2)5-4-6-8;1-5(2)4-6(3)7;5-3-2(7)1-8-4(6)9-3;;;;1-2/h8-10H,3-7H2,1-2H3,(H,17,18,19);9,13H,3-7H2,1-2H3;8-9H,3-7,11H2,1-2H3;8H,3-7H2,1-2H3;7H,3-6,8H2,1-2H3;4H,1-3H3;1H;2*1H4;1H;2H,1H2/b;11-8-;;;;;;;;;. The molecule has 0 aromatic carbocycles. The summed E-state index contributed by atoms with van der Waals surface area (Å²) in [7, 11) is 0. The fourth-order valence-corrected chi connectivity index (χ4v) is 14.4. The molecule has 9 N–H and O–H groups in total. The van der Waals surface area contributed by atoms with Gasteiger partial charge in [-0.1, -0.05) is 37.2 Å². The minimum atomic E-state index is -0.666. The molecule has 24 heteroatoms. The Morgan fingerprint density at radius 3 is 1.68 bits per heavy atom. The molecule has 0 aliphatic carbocycles. The number of allylic oxidation sites excluding steroid dienone is 2. The third-order valence-electron chi connectivity index (χ3n) is 17.1. The SMILES string of the molecule is C.C.CC(=O)C=C(C)C.CC1(C)C/C(=N\O)CC2CCCN21.CC1(C)CC(=O)CC2CCCN21.CC1(C)CC(N)CC2CCCN21.CC1(C)CC(Nc2nc(Cl)ncc2F)CC2CCCN21.CCOC(C)CCCN.Cl.Fc1cnc(Cl)nc1Cl.NO. The Morgan fingerprint density at radius 2 is 1.22 bits per heavy atom. The molecule has 0 radical (unpaired) electrons. The van der Waals surface area contributed by atoms with Crippen molar-refractivity contribution in [2.75, 3.05) is 44.6 Å². The number of hydrogen-bond donors (Lipinski definition) is 6. The van der Waals surface area contributed by atoms with E-state index in [1.54, 1.807) is 13.0 Å². The quantitative estimate of drug-likeness (QED) is 0.0472. The molecule has 0 bridgehead atoms. The summed E-state index contributed by atoms with van der Waals surface area (Å²) in [6, 6.07) is 3.26. The summed E-state index contributed by atoms with van der Waals surface area (Å²) in [4.78, 5) is 46.2. The van der Waals surface area contributed by atoms with Crippen LogP contribution in [0.15, 0.2) is 29.2 Å². The molecule has 8 fully saturated rings. The Bertz CT molecular complexity index is 2390. The molecule has 2 aromatic rings. The zero-order valence-electron chi connectivity index (χ0n) is 53.4. The van der Waals surface area contributed by atoms with Gasteiger partial charge in [0.05, 0.1) is 24.2 Å². The zero-order valence-corrected chi connectivity index (χ0v) is 56.5. The monoisotopic (exact) mass is 1310 g/mol. The number of rotatable bonds is 8. The van der Waals surface area contributed by atoms with Gasteiger partial charge in [-0.25, -0.2) is 29.6 Å². The second-order valence-electron chi connectivity index (χ2n) is 26.3. The molecule has 8 aliphatic heterocycles. The van der Waals surface area contributed by atoms with Gasteiger partial charge in [0.1, 0.15) is 5.78 Å². The minimum Gasteiger partial charge on any atom is -0.411 e. The number of nitrogens with one attached hydrogen (secondary N) is 1. The molecule has 10 rings (SSSR count). The van der Waals surface area contributed by atoms with Gasteiger partial charge in [-0.05, 0) is 242 Å². The molecule has 0 spiro atoms. The van der Waals surface area contributed by atoms with Crippen molar-refractivity contribution in [3.63, 3.8) is 0 Å². The van der Waals surface area contributed by atoms with E-state index in [9.17, 15) is 18.4 Å². The number of Topliss-reactive ketones (excluding diaryl/α,β-unsaturated/α-hetero) is 1. The first kappa shape index (κ1) is 84.2. The van der Waals surface area contributed by atoms with Crippen LogP contribution in [0.25, 0.3) is 0 Å². The van der Waals surface area contributed by atoms with E-state index >= 15 is 0 Å². The van der Waals surface area contributed by atoms with Crippen molar-refractivity contribution >= 4 is 70.3 Å². The van der Waals surface area contributed by atoms with E-state index in [0.29, 0.717) is 41.6 Å². The largest absolute Gasteiger partial charge is 0.411 e. The van der Waals surface area contributed by atoms with Crippen molar-refractivity contribution in [2.45, 2.75) is 285 Å². The lowest BCUT2D eigenvalue weighted by atomic mass is 9.84. The molecule has 2 aromatic heterocycles. The van der Waals surface area contributed by atoms with E-state index in [1.165, 1.54) is 90.4 Å². The Balaban J connectivity index is 0.00000101. The third-order valence-corrected chi connectivity index (χ3v) is 17.7. The van der Waals surface area contributed by atoms with Crippen LogP contribution in [0.5, 0.6) is 0 Å². The summed E-state index contributed by atoms with van der Waals surface area (Å²) in [6.07, 6.45) is 24.4. The van der Waals surface area contributed by atoms with E-state index in [4.69, 9.17) is 61.4 Å². The maximum absolute atomic E-state index is 13.7. The second-order valence-corrected chi connectivity index (χ2v) is 27.3. The number of aromatic nitrogens is 4. The molecule has 0 saturated carbocycles. The Hall–Kier alpha value is -2.83. The number of fused-ring (bicyclic) bond motifs is 4. The van der Waals surface area contributed by atoms with Crippen LogP contribution in [0.1, 0.15) is 220 Å². The molecule has 8 aliphatic rings. The fraction of sp³-hybridized carbons (Fsp3) is 0.794. The Labute approximate surface area is 544 Å². The van der Waals surface area contributed by atoms with Gasteiger partial charge in [0.25, 0.3) is 0 Å². The van der Waals surface area contributed by atoms with Crippen LogP contribution in [-0.4, -0.2) is 171 Å². The number of carbonyl (C=O) groups excluding carboxylic acids is 2. The second kappa shape index (κ2) is 40.2. The van der Waals surface area contributed by atoms with E-state index in [0.717, 1.165) is 94.2 Å². The number of ketones is 2. The molecule has 18 nitrogen and oxygen atoms in total. The topological polar surface area (TPSA) is 251 Å². The summed E-state index contributed by atoms with van der Waals surface area (Å²) in [5.74, 6) is 3.20. The van der Waals surface area contributed by atoms with Gasteiger partial charge in [-0.3, -0.25) is 29.2 Å². The van der Waals surface area contributed by atoms with Crippen LogP contribution >= 0.6 is 47.2 Å². The first-order valence-electron chi connectivity index (χ1n) is 30.5. The van der Waals surface area contributed by atoms with Gasteiger partial charge in [0.2, 0.25) is 10.6 Å². The van der Waals surface area contributed by atoms with Crippen LogP contribution in [0.2, 0.25) is 15.7 Å². The van der Waals surface area contributed by atoms with Gasteiger partial charge in [-0.15, -0.1) is 12.4 Å². The van der Waals surface area contributed by atoms with Crippen molar-refractivity contribution in [1.82, 2.24) is 39.5 Å². The van der Waals surface area contributed by atoms with Crippen LogP contribution in [0, 0.1) is 11.6 Å². The van der Waals surface area contributed by atoms with Crippen LogP contribution in [0.4, 0.5) is 14.6 Å². The maximum Gasteiger partial charge on any atom is 0.224 e. The van der Waals surface area contributed by atoms with Gasteiger partial charge in [-0.2, -0.15) is 4.98 Å². The van der Waals surface area contributed by atoms with Crippen molar-refractivity contribution in [1.29, 1.82) is 0 Å². The smallest absolute Gasteiger partial charge is 0.224 e. The van der Waals surface area contributed by atoms with Crippen LogP contribution in [-0.2, 0) is 14.3 Å². The van der Waals surface area contributed by atoms with E-state index < -0.39 is 11.6 Å². The average Bonchev–Trinajstić information content (AvgIpc) is 1.92. The molecule has 504 valence electrons. The normalized spacial score (nSPS) is 25.8. The lowest BCUT2D eigenvalue weighted by Gasteiger charge is -2.47.